The highest BCUT2D eigenvalue weighted by molar-refractivity contribution is 5.96. The van der Waals surface area contributed by atoms with E-state index in [4.69, 9.17) is 9.15 Å². The fourth-order valence-electron chi connectivity index (χ4n) is 3.30. The van der Waals surface area contributed by atoms with Gasteiger partial charge in [0.05, 0.1) is 6.61 Å². The van der Waals surface area contributed by atoms with Gasteiger partial charge in [-0.25, -0.2) is 4.79 Å². The highest BCUT2D eigenvalue weighted by Crippen LogP contribution is 2.21. The molecule has 0 aliphatic carbocycles. The molecular formula is C23H22N2O4. The van der Waals surface area contributed by atoms with Gasteiger partial charge in [0.2, 0.25) is 0 Å². The summed E-state index contributed by atoms with van der Waals surface area (Å²) in [7, 11) is 0. The van der Waals surface area contributed by atoms with E-state index in [1.165, 1.54) is 0 Å². The van der Waals surface area contributed by atoms with Crippen LogP contribution in [0.15, 0.2) is 63.9 Å². The number of amides is 1. The topological polar surface area (TPSA) is 84.3 Å². The van der Waals surface area contributed by atoms with Crippen molar-refractivity contribution in [3.05, 3.63) is 76.3 Å². The van der Waals surface area contributed by atoms with Crippen LogP contribution >= 0.6 is 0 Å². The van der Waals surface area contributed by atoms with Crippen molar-refractivity contribution < 1.29 is 13.9 Å². The van der Waals surface area contributed by atoms with Gasteiger partial charge in [-0.05, 0) is 42.7 Å². The summed E-state index contributed by atoms with van der Waals surface area (Å²) in [6.07, 6.45) is 3.49. The molecule has 6 heteroatoms. The quantitative estimate of drug-likeness (QED) is 0.467. The van der Waals surface area contributed by atoms with Gasteiger partial charge < -0.3 is 19.5 Å². The van der Waals surface area contributed by atoms with E-state index in [2.05, 4.69) is 10.3 Å². The number of hydrogen-bond donors (Lipinski definition) is 2. The van der Waals surface area contributed by atoms with Gasteiger partial charge >= 0.3 is 5.63 Å². The van der Waals surface area contributed by atoms with Crippen LogP contribution in [-0.2, 0) is 6.42 Å². The third-order valence-electron chi connectivity index (χ3n) is 4.78. The zero-order valence-electron chi connectivity index (χ0n) is 16.2. The van der Waals surface area contributed by atoms with Gasteiger partial charge in [0.25, 0.3) is 5.91 Å². The molecule has 0 bridgehead atoms. The van der Waals surface area contributed by atoms with Crippen LogP contribution in [-0.4, -0.2) is 24.0 Å². The lowest BCUT2D eigenvalue weighted by molar-refractivity contribution is 0.0950. The molecule has 4 rings (SSSR count). The van der Waals surface area contributed by atoms with Crippen molar-refractivity contribution in [2.75, 3.05) is 13.2 Å². The summed E-state index contributed by atoms with van der Waals surface area (Å²) in [6.45, 7) is 3.03. The molecule has 0 unspecified atom stereocenters. The molecule has 2 aromatic heterocycles. The van der Waals surface area contributed by atoms with E-state index in [1.54, 1.807) is 24.3 Å². The number of nitrogens with one attached hydrogen (secondary N) is 2. The lowest BCUT2D eigenvalue weighted by Gasteiger charge is -2.07. The van der Waals surface area contributed by atoms with Crippen molar-refractivity contribution in [3.8, 4) is 5.75 Å². The number of ether oxygens (including phenoxy) is 1. The predicted molar refractivity (Wildman–Crippen MR) is 113 cm³/mol. The molecule has 0 saturated carbocycles. The number of aromatic nitrogens is 1. The van der Waals surface area contributed by atoms with Gasteiger partial charge in [-0.2, -0.15) is 0 Å². The van der Waals surface area contributed by atoms with Crippen molar-refractivity contribution in [1.82, 2.24) is 10.3 Å². The molecule has 2 aromatic carbocycles. The molecule has 6 nitrogen and oxygen atoms in total. The van der Waals surface area contributed by atoms with Crippen LogP contribution in [0, 0.1) is 0 Å². The molecule has 0 radical (unpaired) electrons. The summed E-state index contributed by atoms with van der Waals surface area (Å²) >= 11 is 0. The Balaban J connectivity index is 1.46. The summed E-state index contributed by atoms with van der Waals surface area (Å²) in [5, 5.41) is 4.62. The van der Waals surface area contributed by atoms with Crippen molar-refractivity contribution in [1.29, 1.82) is 0 Å². The smallest absolute Gasteiger partial charge is 0.349 e. The first-order valence-corrected chi connectivity index (χ1v) is 9.69. The first kappa shape index (κ1) is 18.8. The first-order valence-electron chi connectivity index (χ1n) is 9.69. The van der Waals surface area contributed by atoms with Crippen LogP contribution in [0.25, 0.3) is 21.9 Å². The Morgan fingerprint density at radius 3 is 2.90 bits per heavy atom. The largest absolute Gasteiger partial charge is 0.493 e. The maximum atomic E-state index is 12.5. The minimum atomic E-state index is -0.658. The van der Waals surface area contributed by atoms with Crippen LogP contribution in [0.4, 0.5) is 0 Å². The summed E-state index contributed by atoms with van der Waals surface area (Å²) < 4.78 is 10.9. The summed E-state index contributed by atoms with van der Waals surface area (Å²) in [6, 6.07) is 14.8. The molecule has 2 N–H and O–H groups in total. The Labute approximate surface area is 167 Å². The lowest BCUT2D eigenvalue weighted by Crippen LogP contribution is -2.29. The minimum absolute atomic E-state index is 0.00125. The number of para-hydroxylation sites is 1. The average Bonchev–Trinajstić information content (AvgIpc) is 3.14. The molecule has 1 amide bonds. The second-order valence-corrected chi connectivity index (χ2v) is 6.86. The van der Waals surface area contributed by atoms with Gasteiger partial charge in [0.1, 0.15) is 16.9 Å². The molecule has 2 heterocycles. The molecule has 0 spiro atoms. The third kappa shape index (κ3) is 4.01. The number of carbonyl (C=O) groups is 1. The van der Waals surface area contributed by atoms with Gasteiger partial charge in [0.15, 0.2) is 0 Å². The summed E-state index contributed by atoms with van der Waals surface area (Å²) in [5.41, 5.74) is 1.92. The zero-order valence-corrected chi connectivity index (χ0v) is 16.2. The molecule has 0 atom stereocenters. The van der Waals surface area contributed by atoms with E-state index in [-0.39, 0.29) is 5.56 Å². The molecule has 0 aliphatic heterocycles. The molecular weight excluding hydrogens is 368 g/mol. The Morgan fingerprint density at radius 2 is 2.03 bits per heavy atom. The second-order valence-electron chi connectivity index (χ2n) is 6.86. The summed E-state index contributed by atoms with van der Waals surface area (Å²) in [5.74, 6) is 0.199. The molecule has 0 saturated heterocycles. The number of hydrogen-bond acceptors (Lipinski definition) is 4. The fourth-order valence-corrected chi connectivity index (χ4v) is 3.30. The molecule has 0 fully saturated rings. The highest BCUT2D eigenvalue weighted by atomic mass is 16.5. The Bertz CT molecular complexity index is 1220. The molecule has 4 aromatic rings. The van der Waals surface area contributed by atoms with Crippen LogP contribution in [0.2, 0.25) is 0 Å². The number of aromatic amines is 1. The number of H-pyrrole nitrogens is 1. The Kier molecular flexibility index (Phi) is 5.33. The SMILES string of the molecule is CCCOc1ccc2cc(C(=O)NCCc3c[nH]c4ccccc34)c(=O)oc2c1. The van der Waals surface area contributed by atoms with Gasteiger partial charge in [-0.15, -0.1) is 0 Å². The maximum absolute atomic E-state index is 12.5. The van der Waals surface area contributed by atoms with E-state index in [9.17, 15) is 9.59 Å². The van der Waals surface area contributed by atoms with Crippen molar-refractivity contribution in [2.24, 2.45) is 0 Å². The van der Waals surface area contributed by atoms with E-state index < -0.39 is 11.5 Å². The van der Waals surface area contributed by atoms with E-state index >= 15 is 0 Å². The van der Waals surface area contributed by atoms with E-state index in [0.717, 1.165) is 22.9 Å². The normalized spacial score (nSPS) is 11.1. The molecule has 0 aliphatic rings. The molecule has 148 valence electrons. The minimum Gasteiger partial charge on any atom is -0.493 e. The van der Waals surface area contributed by atoms with Gasteiger partial charge in [-0.1, -0.05) is 25.1 Å². The summed E-state index contributed by atoms with van der Waals surface area (Å²) in [4.78, 5) is 28.0. The van der Waals surface area contributed by atoms with E-state index in [0.29, 0.717) is 36.3 Å². The number of fused-ring (bicyclic) bond motifs is 2. The Morgan fingerprint density at radius 1 is 1.17 bits per heavy atom. The van der Waals surface area contributed by atoms with Crippen molar-refractivity contribution in [2.45, 2.75) is 19.8 Å². The average molecular weight is 390 g/mol. The standard InChI is InChI=1S/C23H22N2O4/c1-2-11-28-17-8-7-15-12-19(23(27)29-21(15)13-17)22(26)24-10-9-16-14-25-20-6-4-3-5-18(16)20/h3-8,12-14,25H,2,9-11H2,1H3,(H,24,26). The number of rotatable bonds is 7. The van der Waals surface area contributed by atoms with Crippen LogP contribution in [0.1, 0.15) is 29.3 Å². The van der Waals surface area contributed by atoms with Crippen LogP contribution in [0.3, 0.4) is 0 Å². The van der Waals surface area contributed by atoms with Crippen molar-refractivity contribution in [3.63, 3.8) is 0 Å². The predicted octanol–water partition coefficient (Wildman–Crippen LogP) is 4.04. The first-order chi connectivity index (χ1) is 14.2. The van der Waals surface area contributed by atoms with Gasteiger partial charge in [-0.3, -0.25) is 4.79 Å². The second kappa shape index (κ2) is 8.22. The van der Waals surface area contributed by atoms with Crippen LogP contribution in [0.5, 0.6) is 5.75 Å². The lowest BCUT2D eigenvalue weighted by atomic mass is 10.1. The van der Waals surface area contributed by atoms with Crippen LogP contribution < -0.4 is 15.7 Å². The molecule has 29 heavy (non-hydrogen) atoms. The monoisotopic (exact) mass is 390 g/mol. The van der Waals surface area contributed by atoms with Gasteiger partial charge in [0, 0.05) is 35.1 Å². The van der Waals surface area contributed by atoms with Crippen molar-refractivity contribution >= 4 is 27.8 Å². The number of carbonyl (C=O) groups excluding carboxylic acids is 1. The highest BCUT2D eigenvalue weighted by Gasteiger charge is 2.14. The number of benzene rings is 2. The maximum Gasteiger partial charge on any atom is 0.349 e. The Hall–Kier alpha value is -3.54. The van der Waals surface area contributed by atoms with E-state index in [1.807, 2.05) is 37.4 Å². The fraction of sp³-hybridized carbons (Fsp3) is 0.217. The third-order valence-corrected chi connectivity index (χ3v) is 4.78. The zero-order chi connectivity index (χ0) is 20.2.